The largest absolute Gasteiger partial charge is 0.289 e. The Hall–Kier alpha value is -1.37. The molecule has 0 saturated carbocycles. The fraction of sp³-hybridized carbons (Fsp3) is 0.100. The van der Waals surface area contributed by atoms with Gasteiger partial charge in [-0.25, -0.2) is 0 Å². The lowest BCUT2D eigenvalue weighted by molar-refractivity contribution is 0.104. The van der Waals surface area contributed by atoms with Gasteiger partial charge in [0.2, 0.25) is 0 Å². The molecule has 1 heteroatoms. The van der Waals surface area contributed by atoms with Crippen molar-refractivity contribution in [3.05, 3.63) is 47.5 Å². The van der Waals surface area contributed by atoms with Gasteiger partial charge in [0.05, 0.1) is 0 Å². The molecule has 0 fully saturated rings. The van der Waals surface area contributed by atoms with Gasteiger partial charge in [-0.15, -0.1) is 0 Å². The number of benzene rings is 1. The SMILES string of the molecule is C=C1Cc2ccccc2C1=O. The third-order valence-electron chi connectivity index (χ3n) is 1.99. The summed E-state index contributed by atoms with van der Waals surface area (Å²) in [6.45, 7) is 3.70. The van der Waals surface area contributed by atoms with Crippen LogP contribution in [0.1, 0.15) is 15.9 Å². The van der Waals surface area contributed by atoms with Crippen LogP contribution in [0.25, 0.3) is 0 Å². The third-order valence-corrected chi connectivity index (χ3v) is 1.99. The standard InChI is InChI=1S/C10H8O/c1-7-6-8-4-2-3-5-9(8)10(7)11/h2-5H,1,6H2. The van der Waals surface area contributed by atoms with Gasteiger partial charge in [0.1, 0.15) is 0 Å². The Kier molecular flexibility index (Phi) is 1.19. The summed E-state index contributed by atoms with van der Waals surface area (Å²) in [6, 6.07) is 7.67. The van der Waals surface area contributed by atoms with Crippen molar-refractivity contribution in [2.75, 3.05) is 0 Å². The van der Waals surface area contributed by atoms with Crippen LogP contribution in [0.15, 0.2) is 36.4 Å². The molecule has 1 aromatic carbocycles. The van der Waals surface area contributed by atoms with E-state index in [9.17, 15) is 4.79 Å². The first-order valence-electron chi connectivity index (χ1n) is 3.59. The quantitative estimate of drug-likeness (QED) is 0.509. The molecule has 11 heavy (non-hydrogen) atoms. The summed E-state index contributed by atoms with van der Waals surface area (Å²) in [6.07, 6.45) is 0.731. The lowest BCUT2D eigenvalue weighted by atomic mass is 10.1. The number of Topliss-reactive ketones (excluding diaryl/α,β-unsaturated/α-hetero) is 1. The molecular formula is C10H8O. The molecular weight excluding hydrogens is 136 g/mol. The van der Waals surface area contributed by atoms with Crippen LogP contribution >= 0.6 is 0 Å². The minimum Gasteiger partial charge on any atom is -0.289 e. The van der Waals surface area contributed by atoms with Crippen molar-refractivity contribution in [1.29, 1.82) is 0 Å². The maximum atomic E-state index is 11.3. The molecule has 0 radical (unpaired) electrons. The molecule has 0 bridgehead atoms. The molecule has 0 aromatic heterocycles. The second-order valence-electron chi connectivity index (χ2n) is 2.77. The van der Waals surface area contributed by atoms with Crippen molar-refractivity contribution in [3.63, 3.8) is 0 Å². The topological polar surface area (TPSA) is 17.1 Å². The van der Waals surface area contributed by atoms with E-state index in [-0.39, 0.29) is 5.78 Å². The van der Waals surface area contributed by atoms with E-state index in [0.29, 0.717) is 5.57 Å². The predicted molar refractivity (Wildman–Crippen MR) is 43.6 cm³/mol. The Morgan fingerprint density at radius 2 is 2.00 bits per heavy atom. The molecule has 0 saturated heterocycles. The van der Waals surface area contributed by atoms with Crippen LogP contribution < -0.4 is 0 Å². The molecule has 0 heterocycles. The molecule has 0 unspecified atom stereocenters. The van der Waals surface area contributed by atoms with Gasteiger partial charge >= 0.3 is 0 Å². The van der Waals surface area contributed by atoms with Gasteiger partial charge in [0.25, 0.3) is 0 Å². The lowest BCUT2D eigenvalue weighted by Crippen LogP contribution is -1.92. The summed E-state index contributed by atoms with van der Waals surface area (Å²) in [5, 5.41) is 0. The molecule has 0 aliphatic heterocycles. The van der Waals surface area contributed by atoms with Crippen molar-refractivity contribution in [1.82, 2.24) is 0 Å². The molecule has 1 aliphatic rings. The first-order chi connectivity index (χ1) is 5.29. The zero-order chi connectivity index (χ0) is 7.84. The van der Waals surface area contributed by atoms with Crippen molar-refractivity contribution < 1.29 is 4.79 Å². The fourth-order valence-electron chi connectivity index (χ4n) is 1.40. The van der Waals surface area contributed by atoms with E-state index < -0.39 is 0 Å². The molecule has 2 rings (SSSR count). The average molecular weight is 144 g/mol. The van der Waals surface area contributed by atoms with E-state index in [0.717, 1.165) is 17.5 Å². The number of carbonyl (C=O) groups is 1. The minimum absolute atomic E-state index is 0.112. The van der Waals surface area contributed by atoms with Crippen molar-refractivity contribution in [2.24, 2.45) is 0 Å². The van der Waals surface area contributed by atoms with E-state index in [1.807, 2.05) is 24.3 Å². The summed E-state index contributed by atoms with van der Waals surface area (Å²) in [5.74, 6) is 0.112. The Balaban J connectivity index is 2.64. The number of ketones is 1. The molecule has 0 spiro atoms. The van der Waals surface area contributed by atoms with Gasteiger partial charge in [-0.3, -0.25) is 4.79 Å². The van der Waals surface area contributed by atoms with Gasteiger partial charge in [-0.2, -0.15) is 0 Å². The highest BCUT2D eigenvalue weighted by atomic mass is 16.1. The van der Waals surface area contributed by atoms with Crippen LogP contribution in [0, 0.1) is 0 Å². The summed E-state index contributed by atoms with van der Waals surface area (Å²) in [4.78, 5) is 11.3. The number of hydrogen-bond donors (Lipinski definition) is 0. The maximum absolute atomic E-state index is 11.3. The monoisotopic (exact) mass is 144 g/mol. The summed E-state index contributed by atoms with van der Waals surface area (Å²) < 4.78 is 0. The second kappa shape index (κ2) is 2.06. The Morgan fingerprint density at radius 3 is 2.73 bits per heavy atom. The number of allylic oxidation sites excluding steroid dienone is 1. The van der Waals surface area contributed by atoms with Gasteiger partial charge in [-0.05, 0) is 11.1 Å². The van der Waals surface area contributed by atoms with Gasteiger partial charge < -0.3 is 0 Å². The Morgan fingerprint density at radius 1 is 1.27 bits per heavy atom. The number of carbonyl (C=O) groups excluding carboxylic acids is 1. The highest BCUT2D eigenvalue weighted by Gasteiger charge is 2.21. The van der Waals surface area contributed by atoms with E-state index in [2.05, 4.69) is 6.58 Å². The van der Waals surface area contributed by atoms with Crippen molar-refractivity contribution in [3.8, 4) is 0 Å². The van der Waals surface area contributed by atoms with E-state index >= 15 is 0 Å². The zero-order valence-electron chi connectivity index (χ0n) is 6.13. The van der Waals surface area contributed by atoms with Crippen LogP contribution in [-0.2, 0) is 6.42 Å². The molecule has 54 valence electrons. The van der Waals surface area contributed by atoms with E-state index in [4.69, 9.17) is 0 Å². The van der Waals surface area contributed by atoms with Crippen molar-refractivity contribution >= 4 is 5.78 Å². The molecule has 1 aliphatic carbocycles. The van der Waals surface area contributed by atoms with Gasteiger partial charge in [-0.1, -0.05) is 30.8 Å². The average Bonchev–Trinajstić information content (AvgIpc) is 2.30. The number of hydrogen-bond acceptors (Lipinski definition) is 1. The van der Waals surface area contributed by atoms with E-state index in [1.165, 1.54) is 0 Å². The molecule has 0 amide bonds. The van der Waals surface area contributed by atoms with E-state index in [1.54, 1.807) is 0 Å². The maximum Gasteiger partial charge on any atom is 0.189 e. The van der Waals surface area contributed by atoms with Gasteiger partial charge in [0, 0.05) is 12.0 Å². The minimum atomic E-state index is 0.112. The zero-order valence-corrected chi connectivity index (χ0v) is 6.13. The molecule has 0 atom stereocenters. The first kappa shape index (κ1) is 6.35. The predicted octanol–water partition coefficient (Wildman–Crippen LogP) is 1.98. The fourth-order valence-corrected chi connectivity index (χ4v) is 1.40. The van der Waals surface area contributed by atoms with Crippen LogP contribution in [0.4, 0.5) is 0 Å². The number of fused-ring (bicyclic) bond motifs is 1. The molecule has 1 aromatic rings. The van der Waals surface area contributed by atoms with Crippen molar-refractivity contribution in [2.45, 2.75) is 6.42 Å². The third kappa shape index (κ3) is 0.811. The summed E-state index contributed by atoms with van der Waals surface area (Å²) >= 11 is 0. The normalized spacial score (nSPS) is 15.3. The van der Waals surface area contributed by atoms with Crippen LogP contribution in [-0.4, -0.2) is 5.78 Å². The van der Waals surface area contributed by atoms with Crippen LogP contribution in [0.3, 0.4) is 0 Å². The summed E-state index contributed by atoms with van der Waals surface area (Å²) in [7, 11) is 0. The van der Waals surface area contributed by atoms with Crippen LogP contribution in [0.5, 0.6) is 0 Å². The Bertz CT molecular complexity index is 336. The summed E-state index contributed by atoms with van der Waals surface area (Å²) in [5.41, 5.74) is 2.66. The second-order valence-corrected chi connectivity index (χ2v) is 2.77. The lowest BCUT2D eigenvalue weighted by Gasteiger charge is -1.91. The molecule has 0 N–H and O–H groups in total. The highest BCUT2D eigenvalue weighted by Crippen LogP contribution is 2.24. The highest BCUT2D eigenvalue weighted by molar-refractivity contribution is 6.12. The Labute approximate surface area is 65.4 Å². The van der Waals surface area contributed by atoms with Gasteiger partial charge in [0.15, 0.2) is 5.78 Å². The number of rotatable bonds is 0. The molecule has 1 nitrogen and oxygen atoms in total. The first-order valence-corrected chi connectivity index (χ1v) is 3.59. The van der Waals surface area contributed by atoms with Crippen LogP contribution in [0.2, 0.25) is 0 Å². The smallest absolute Gasteiger partial charge is 0.189 e.